The molecule has 5 heteroatoms. The van der Waals surface area contributed by atoms with Crippen molar-refractivity contribution in [1.29, 1.82) is 0 Å². The van der Waals surface area contributed by atoms with Crippen LogP contribution in [0.4, 0.5) is 5.82 Å². The predicted octanol–water partition coefficient (Wildman–Crippen LogP) is 3.08. The molecule has 5 nitrogen and oxygen atoms in total. The van der Waals surface area contributed by atoms with Crippen LogP contribution in [0.5, 0.6) is 0 Å². The number of carbonyl (C=O) groups is 2. The summed E-state index contributed by atoms with van der Waals surface area (Å²) in [4.78, 5) is 28.4. The zero-order valence-electron chi connectivity index (χ0n) is 14.6. The number of nitrogens with one attached hydrogen (secondary N) is 2. The van der Waals surface area contributed by atoms with Gasteiger partial charge in [-0.1, -0.05) is 24.3 Å². The van der Waals surface area contributed by atoms with E-state index >= 15 is 0 Å². The molecule has 2 aromatic rings. The number of amides is 2. The van der Waals surface area contributed by atoms with Crippen LogP contribution in [0.25, 0.3) is 0 Å². The van der Waals surface area contributed by atoms with E-state index in [1.807, 2.05) is 26.0 Å². The highest BCUT2D eigenvalue weighted by Crippen LogP contribution is 2.24. The summed E-state index contributed by atoms with van der Waals surface area (Å²) in [5, 5.41) is 5.32. The van der Waals surface area contributed by atoms with Gasteiger partial charge in [0.25, 0.3) is 0 Å². The van der Waals surface area contributed by atoms with Crippen molar-refractivity contribution in [3.63, 3.8) is 0 Å². The van der Waals surface area contributed by atoms with Crippen molar-refractivity contribution in [3.05, 3.63) is 58.8 Å². The SMILES string of the molecule is Cc1cccnc1NC(=O)C(=O)NC(C)c1ccc2c(c1)CCCC2. The average Bonchev–Trinajstić information content (AvgIpc) is 2.63. The van der Waals surface area contributed by atoms with Crippen molar-refractivity contribution in [2.75, 3.05) is 5.32 Å². The molecule has 1 unspecified atom stereocenters. The van der Waals surface area contributed by atoms with Crippen LogP contribution < -0.4 is 10.6 Å². The number of anilines is 1. The third-order valence-electron chi connectivity index (χ3n) is 4.67. The molecule has 0 radical (unpaired) electrons. The first-order valence-electron chi connectivity index (χ1n) is 8.70. The van der Waals surface area contributed by atoms with Gasteiger partial charge in [0.15, 0.2) is 0 Å². The zero-order valence-corrected chi connectivity index (χ0v) is 14.6. The van der Waals surface area contributed by atoms with E-state index in [0.717, 1.165) is 24.0 Å². The van der Waals surface area contributed by atoms with Crippen LogP contribution >= 0.6 is 0 Å². The van der Waals surface area contributed by atoms with Crippen molar-refractivity contribution >= 4 is 17.6 Å². The average molecular weight is 337 g/mol. The van der Waals surface area contributed by atoms with Crippen LogP contribution in [0.2, 0.25) is 0 Å². The molecule has 1 aliphatic rings. The van der Waals surface area contributed by atoms with E-state index in [-0.39, 0.29) is 6.04 Å². The highest BCUT2D eigenvalue weighted by molar-refractivity contribution is 6.39. The Hall–Kier alpha value is -2.69. The van der Waals surface area contributed by atoms with Crippen molar-refractivity contribution in [3.8, 4) is 0 Å². The topological polar surface area (TPSA) is 71.1 Å². The molecular weight excluding hydrogens is 314 g/mol. The maximum absolute atomic E-state index is 12.2. The minimum absolute atomic E-state index is 0.227. The van der Waals surface area contributed by atoms with Gasteiger partial charge in [-0.25, -0.2) is 4.98 Å². The molecule has 3 rings (SSSR count). The van der Waals surface area contributed by atoms with E-state index in [1.165, 1.54) is 24.0 Å². The fourth-order valence-electron chi connectivity index (χ4n) is 3.15. The number of pyridine rings is 1. The number of hydrogen-bond acceptors (Lipinski definition) is 3. The van der Waals surface area contributed by atoms with E-state index in [2.05, 4.69) is 27.8 Å². The highest BCUT2D eigenvalue weighted by atomic mass is 16.2. The van der Waals surface area contributed by atoms with Gasteiger partial charge >= 0.3 is 11.8 Å². The Labute approximate surface area is 147 Å². The highest BCUT2D eigenvalue weighted by Gasteiger charge is 2.19. The molecule has 0 saturated heterocycles. The lowest BCUT2D eigenvalue weighted by Gasteiger charge is -2.20. The molecule has 0 bridgehead atoms. The van der Waals surface area contributed by atoms with Crippen LogP contribution in [-0.4, -0.2) is 16.8 Å². The predicted molar refractivity (Wildman–Crippen MR) is 97.2 cm³/mol. The first-order chi connectivity index (χ1) is 12.0. The van der Waals surface area contributed by atoms with E-state index in [0.29, 0.717) is 5.82 Å². The molecule has 1 aliphatic carbocycles. The van der Waals surface area contributed by atoms with Crippen LogP contribution in [0, 0.1) is 6.92 Å². The fourth-order valence-corrected chi connectivity index (χ4v) is 3.15. The van der Waals surface area contributed by atoms with E-state index < -0.39 is 11.8 Å². The summed E-state index contributed by atoms with van der Waals surface area (Å²) in [5.41, 5.74) is 4.59. The van der Waals surface area contributed by atoms with Gasteiger partial charge in [-0.3, -0.25) is 9.59 Å². The molecule has 1 heterocycles. The molecule has 2 N–H and O–H groups in total. The maximum Gasteiger partial charge on any atom is 0.314 e. The number of nitrogens with zero attached hydrogens (tertiary/aromatic N) is 1. The van der Waals surface area contributed by atoms with Crippen LogP contribution in [0.3, 0.4) is 0 Å². The number of hydrogen-bond donors (Lipinski definition) is 2. The first-order valence-corrected chi connectivity index (χ1v) is 8.70. The van der Waals surface area contributed by atoms with Gasteiger partial charge in [0.2, 0.25) is 0 Å². The number of rotatable bonds is 3. The van der Waals surface area contributed by atoms with Gasteiger partial charge in [0.1, 0.15) is 5.82 Å². The zero-order chi connectivity index (χ0) is 17.8. The normalized spacial score (nSPS) is 14.3. The van der Waals surface area contributed by atoms with Crippen molar-refractivity contribution < 1.29 is 9.59 Å². The second-order valence-electron chi connectivity index (χ2n) is 6.55. The largest absolute Gasteiger partial charge is 0.341 e. The maximum atomic E-state index is 12.2. The van der Waals surface area contributed by atoms with Crippen molar-refractivity contribution in [2.24, 2.45) is 0 Å². The summed E-state index contributed by atoms with van der Waals surface area (Å²) in [5.74, 6) is -0.953. The molecule has 2 amide bonds. The second-order valence-corrected chi connectivity index (χ2v) is 6.55. The lowest BCUT2D eigenvalue weighted by atomic mass is 9.89. The van der Waals surface area contributed by atoms with E-state index in [4.69, 9.17) is 0 Å². The molecule has 25 heavy (non-hydrogen) atoms. The van der Waals surface area contributed by atoms with Gasteiger partial charge in [-0.2, -0.15) is 0 Å². The Morgan fingerprint density at radius 2 is 1.84 bits per heavy atom. The smallest absolute Gasteiger partial charge is 0.314 e. The first kappa shape index (κ1) is 17.1. The molecule has 0 aliphatic heterocycles. The number of aromatic nitrogens is 1. The monoisotopic (exact) mass is 337 g/mol. The number of aryl methyl sites for hydroxylation is 3. The molecule has 0 fully saturated rings. The standard InChI is InChI=1S/C20H23N3O2/c1-13-6-5-11-21-18(13)23-20(25)19(24)22-14(2)16-10-9-15-7-3-4-8-17(15)12-16/h5-6,9-12,14H,3-4,7-8H2,1-2H3,(H,22,24)(H,21,23,25). The molecule has 130 valence electrons. The van der Waals surface area contributed by atoms with E-state index in [9.17, 15) is 9.59 Å². The number of carbonyl (C=O) groups excluding carboxylic acids is 2. The fraction of sp³-hybridized carbons (Fsp3) is 0.350. The van der Waals surface area contributed by atoms with Gasteiger partial charge < -0.3 is 10.6 Å². The summed E-state index contributed by atoms with van der Waals surface area (Å²) in [7, 11) is 0. The second kappa shape index (κ2) is 7.47. The molecule has 1 atom stereocenters. The molecular formula is C20H23N3O2. The van der Waals surface area contributed by atoms with E-state index in [1.54, 1.807) is 12.3 Å². The van der Waals surface area contributed by atoms with Gasteiger partial charge in [0.05, 0.1) is 6.04 Å². The third kappa shape index (κ3) is 4.05. The van der Waals surface area contributed by atoms with Gasteiger partial charge in [-0.15, -0.1) is 0 Å². The van der Waals surface area contributed by atoms with Crippen molar-refractivity contribution in [2.45, 2.75) is 45.6 Å². The van der Waals surface area contributed by atoms with Crippen LogP contribution in [0.15, 0.2) is 36.5 Å². The quantitative estimate of drug-likeness (QED) is 0.846. The summed E-state index contributed by atoms with van der Waals surface area (Å²) in [6.07, 6.45) is 6.25. The Balaban J connectivity index is 1.64. The summed E-state index contributed by atoms with van der Waals surface area (Å²) < 4.78 is 0. The molecule has 1 aromatic carbocycles. The van der Waals surface area contributed by atoms with Crippen molar-refractivity contribution in [1.82, 2.24) is 10.3 Å². The van der Waals surface area contributed by atoms with Gasteiger partial charge in [0, 0.05) is 6.20 Å². The Kier molecular flexibility index (Phi) is 5.12. The number of fused-ring (bicyclic) bond motifs is 1. The molecule has 1 aromatic heterocycles. The summed E-state index contributed by atoms with van der Waals surface area (Å²) >= 11 is 0. The lowest BCUT2D eigenvalue weighted by Crippen LogP contribution is -2.37. The Bertz CT molecular complexity index is 801. The summed E-state index contributed by atoms with van der Waals surface area (Å²) in [6.45, 7) is 3.72. The van der Waals surface area contributed by atoms with Crippen LogP contribution in [0.1, 0.15) is 48.1 Å². The third-order valence-corrected chi connectivity index (χ3v) is 4.67. The molecule has 0 spiro atoms. The van der Waals surface area contributed by atoms with Gasteiger partial charge in [-0.05, 0) is 67.9 Å². The Morgan fingerprint density at radius 1 is 1.08 bits per heavy atom. The minimum atomic E-state index is -0.702. The summed E-state index contributed by atoms with van der Waals surface area (Å²) in [6, 6.07) is 9.72. The molecule has 0 saturated carbocycles. The van der Waals surface area contributed by atoms with Crippen LogP contribution in [-0.2, 0) is 22.4 Å². The number of benzene rings is 1. The minimum Gasteiger partial charge on any atom is -0.341 e. The Morgan fingerprint density at radius 3 is 2.60 bits per heavy atom. The lowest BCUT2D eigenvalue weighted by molar-refractivity contribution is -0.136.